The Hall–Kier alpha value is -3.42. The molecule has 2 heterocycles. The monoisotopic (exact) mass is 634 g/mol. The molecule has 1 N–H and O–H groups in total. The van der Waals surface area contributed by atoms with Gasteiger partial charge in [-0.25, -0.2) is 8.42 Å². The summed E-state index contributed by atoms with van der Waals surface area (Å²) >= 11 is 0. The van der Waals surface area contributed by atoms with E-state index in [0.29, 0.717) is 0 Å². The van der Waals surface area contributed by atoms with Gasteiger partial charge in [-0.1, -0.05) is 18.2 Å². The highest BCUT2D eigenvalue weighted by Crippen LogP contribution is 2.47. The number of aromatic nitrogens is 1. The van der Waals surface area contributed by atoms with Gasteiger partial charge in [-0.05, 0) is 68.5 Å². The Kier molecular flexibility index (Phi) is 10.4. The number of hydrogen-bond acceptors (Lipinski definition) is 6. The molecule has 1 atom stereocenters. The quantitative estimate of drug-likeness (QED) is 0.187. The number of pyridine rings is 1. The first-order valence-electron chi connectivity index (χ1n) is 13.3. The van der Waals surface area contributed by atoms with Crippen LogP contribution >= 0.6 is 0 Å². The van der Waals surface area contributed by atoms with E-state index in [-0.39, 0.29) is 52.7 Å². The number of sulfone groups is 1. The predicted molar refractivity (Wildman–Crippen MR) is 147 cm³/mol. The molecule has 1 aliphatic heterocycles. The van der Waals surface area contributed by atoms with E-state index in [0.717, 1.165) is 19.4 Å². The van der Waals surface area contributed by atoms with Gasteiger partial charge in [0.15, 0.2) is 15.6 Å². The molecule has 1 fully saturated rings. The van der Waals surface area contributed by atoms with Gasteiger partial charge in [0.2, 0.25) is 5.91 Å². The highest BCUT2D eigenvalue weighted by Gasteiger charge is 2.53. The summed E-state index contributed by atoms with van der Waals surface area (Å²) in [5.41, 5.74) is -2.13. The molecule has 1 amide bonds. The van der Waals surface area contributed by atoms with E-state index < -0.39 is 64.6 Å². The van der Waals surface area contributed by atoms with E-state index in [2.05, 4.69) is 10.3 Å². The van der Waals surface area contributed by atoms with Crippen LogP contribution in [0.2, 0.25) is 0 Å². The van der Waals surface area contributed by atoms with Crippen LogP contribution in [0.4, 0.5) is 26.3 Å². The summed E-state index contributed by atoms with van der Waals surface area (Å²) in [5, 5.41) is 2.49. The third kappa shape index (κ3) is 9.04. The Balaban J connectivity index is 1.96. The second-order valence-corrected chi connectivity index (χ2v) is 13.0. The van der Waals surface area contributed by atoms with Crippen LogP contribution in [0.25, 0.3) is 5.57 Å². The zero-order valence-electron chi connectivity index (χ0n) is 23.7. The topological polar surface area (TPSA) is 102 Å². The average molecular weight is 635 g/mol. The zero-order valence-corrected chi connectivity index (χ0v) is 24.5. The van der Waals surface area contributed by atoms with Gasteiger partial charge < -0.3 is 10.1 Å². The molecule has 3 rings (SSSR count). The number of nitrogens with zero attached hydrogens (tertiary/aromatic N) is 1. The van der Waals surface area contributed by atoms with Crippen LogP contribution in [0.15, 0.2) is 48.2 Å². The summed E-state index contributed by atoms with van der Waals surface area (Å²) in [5.74, 6) is -2.65. The lowest BCUT2D eigenvalue weighted by atomic mass is 9.74. The number of carbonyl (C=O) groups is 2. The van der Waals surface area contributed by atoms with Gasteiger partial charge in [0.25, 0.3) is 0 Å². The van der Waals surface area contributed by atoms with Crippen molar-refractivity contribution in [2.75, 3.05) is 24.7 Å². The van der Waals surface area contributed by atoms with Crippen molar-refractivity contribution in [2.45, 2.75) is 57.8 Å². The Bertz CT molecular complexity index is 1440. The molecular formula is C29H32F6N2O5S. The molecule has 1 aromatic carbocycles. The molecule has 0 aliphatic carbocycles. The molecule has 43 heavy (non-hydrogen) atoms. The summed E-state index contributed by atoms with van der Waals surface area (Å²) in [6, 6.07) is 7.90. The van der Waals surface area contributed by atoms with Crippen LogP contribution in [0.3, 0.4) is 0 Å². The number of rotatable bonds is 12. The van der Waals surface area contributed by atoms with E-state index in [1.807, 2.05) is 0 Å². The molecule has 1 aliphatic rings. The van der Waals surface area contributed by atoms with Crippen molar-refractivity contribution < 1.29 is 49.1 Å². The second kappa shape index (κ2) is 13.1. The lowest BCUT2D eigenvalue weighted by Gasteiger charge is -2.34. The van der Waals surface area contributed by atoms with Crippen molar-refractivity contribution in [1.82, 2.24) is 10.3 Å². The number of ketones is 1. The van der Waals surface area contributed by atoms with Crippen molar-refractivity contribution in [3.05, 3.63) is 65.0 Å². The van der Waals surface area contributed by atoms with E-state index in [1.165, 1.54) is 36.5 Å². The molecule has 0 spiro atoms. The number of benzene rings is 1. The number of nitrogens with one attached hydrogen (secondary N) is 1. The van der Waals surface area contributed by atoms with Gasteiger partial charge in [-0.15, -0.1) is 0 Å². The van der Waals surface area contributed by atoms with Crippen molar-refractivity contribution in [1.29, 1.82) is 0 Å². The summed E-state index contributed by atoms with van der Waals surface area (Å²) in [7, 11) is -3.31. The van der Waals surface area contributed by atoms with Gasteiger partial charge >= 0.3 is 12.4 Å². The maximum Gasteiger partial charge on any atom is 0.398 e. The molecule has 1 saturated heterocycles. The first-order valence-corrected chi connectivity index (χ1v) is 15.1. The third-order valence-electron chi connectivity index (χ3n) is 7.25. The highest BCUT2D eigenvalue weighted by molar-refractivity contribution is 7.92. The lowest BCUT2D eigenvalue weighted by molar-refractivity contribution is -0.184. The van der Waals surface area contributed by atoms with Crippen LogP contribution < -0.4 is 10.1 Å². The smallest absolute Gasteiger partial charge is 0.398 e. The van der Waals surface area contributed by atoms with Gasteiger partial charge in [-0.2, -0.15) is 26.3 Å². The molecule has 0 saturated carbocycles. The normalized spacial score (nSPS) is 17.3. The first-order chi connectivity index (χ1) is 19.8. The van der Waals surface area contributed by atoms with Crippen LogP contribution in [-0.2, 0) is 24.8 Å². The van der Waals surface area contributed by atoms with E-state index >= 15 is 0 Å². The van der Waals surface area contributed by atoms with Gasteiger partial charge in [0.1, 0.15) is 5.75 Å². The summed E-state index contributed by atoms with van der Waals surface area (Å²) in [4.78, 5) is 29.6. The molecule has 236 valence electrons. The highest BCUT2D eigenvalue weighted by atomic mass is 32.2. The molecule has 2 aromatic rings. The van der Waals surface area contributed by atoms with Gasteiger partial charge in [0, 0.05) is 24.7 Å². The lowest BCUT2D eigenvalue weighted by Crippen LogP contribution is -2.47. The molecule has 1 aromatic heterocycles. The Morgan fingerprint density at radius 2 is 1.65 bits per heavy atom. The fraction of sp³-hybridized carbons (Fsp3) is 0.483. The minimum Gasteiger partial charge on any atom is -0.494 e. The molecule has 14 heteroatoms. The predicted octanol–water partition coefficient (Wildman–Crippen LogP) is 5.53. The molecular weight excluding hydrogens is 602 g/mol. The average Bonchev–Trinajstić information content (AvgIpc) is 2.88. The number of ether oxygens (including phenoxy) is 1. The number of alkyl halides is 6. The molecule has 0 unspecified atom stereocenters. The van der Waals surface area contributed by atoms with Gasteiger partial charge in [0.05, 0.1) is 35.1 Å². The Labute approximate surface area is 245 Å². The maximum atomic E-state index is 14.8. The number of Topliss-reactive ketones (excluding diaryl/α,β-unsaturated/α-hetero) is 1. The van der Waals surface area contributed by atoms with Crippen molar-refractivity contribution in [3.63, 3.8) is 0 Å². The van der Waals surface area contributed by atoms with Crippen molar-refractivity contribution >= 4 is 27.1 Å². The molecule has 0 radical (unpaired) electrons. The fourth-order valence-corrected chi connectivity index (χ4v) is 6.01. The standard InChI is InChI=1S/C29H32F6N2O5S/c1-18-5-10-25(36-14-18)23(24(19(2)38)15-37-26(39)20-16-43(40,41)17-20)13-27(3,29(33,34)35)21-6-8-22(9-7-21)42-12-4-11-28(30,31)32/h5-10,14,20H,4,11-13,15-17H2,1-3H3,(H,37,39)/b24-23+/t27-/m1/s1. The SMILES string of the molecule is CC(=O)/C(CNC(=O)C1CS(=O)(=O)C1)=C(\C[C@](C)(c1ccc(OCCCC(F)(F)F)cc1)C(F)(F)F)c1ccc(C)cn1. The molecule has 0 bridgehead atoms. The number of amides is 1. The van der Waals surface area contributed by atoms with Crippen LogP contribution in [-0.4, -0.2) is 62.1 Å². The minimum atomic E-state index is -4.84. The maximum absolute atomic E-state index is 14.8. The summed E-state index contributed by atoms with van der Waals surface area (Å²) in [6.07, 6.45) is -9.88. The van der Waals surface area contributed by atoms with E-state index in [4.69, 9.17) is 4.74 Å². The van der Waals surface area contributed by atoms with E-state index in [9.17, 15) is 44.3 Å². The van der Waals surface area contributed by atoms with Crippen molar-refractivity contribution in [2.24, 2.45) is 5.92 Å². The number of halogens is 6. The number of hydrogen-bond donors (Lipinski definition) is 1. The number of allylic oxidation sites excluding steroid dienone is 1. The zero-order chi connectivity index (χ0) is 32.2. The van der Waals surface area contributed by atoms with Crippen LogP contribution in [0.1, 0.15) is 49.9 Å². The molecule has 7 nitrogen and oxygen atoms in total. The number of aryl methyl sites for hydroxylation is 1. The van der Waals surface area contributed by atoms with Crippen LogP contribution in [0, 0.1) is 12.8 Å². The minimum absolute atomic E-state index is 0.0543. The van der Waals surface area contributed by atoms with Gasteiger partial charge in [-0.3, -0.25) is 14.6 Å². The fourth-order valence-electron chi connectivity index (χ4n) is 4.58. The Morgan fingerprint density at radius 1 is 1.02 bits per heavy atom. The largest absolute Gasteiger partial charge is 0.494 e. The second-order valence-electron chi connectivity index (χ2n) is 10.8. The first kappa shape index (κ1) is 34.1. The van der Waals surface area contributed by atoms with Crippen LogP contribution in [0.5, 0.6) is 5.75 Å². The Morgan fingerprint density at radius 3 is 2.14 bits per heavy atom. The summed E-state index contributed by atoms with van der Waals surface area (Å²) < 4.78 is 110. The third-order valence-corrected chi connectivity index (χ3v) is 9.07. The number of carbonyl (C=O) groups excluding carboxylic acids is 2. The van der Waals surface area contributed by atoms with E-state index in [1.54, 1.807) is 13.0 Å². The van der Waals surface area contributed by atoms with Crippen molar-refractivity contribution in [3.8, 4) is 5.75 Å². The summed E-state index contributed by atoms with van der Waals surface area (Å²) in [6.45, 7) is 3.12.